The molecule has 1 saturated heterocycles. The molecule has 0 amide bonds. The highest BCUT2D eigenvalue weighted by Gasteiger charge is 2.26. The summed E-state index contributed by atoms with van der Waals surface area (Å²) in [7, 11) is -2.90. The molecule has 1 aliphatic heterocycles. The molecule has 0 bridgehead atoms. The molecule has 0 radical (unpaired) electrons. The predicted molar refractivity (Wildman–Crippen MR) is 97.3 cm³/mol. The summed E-state index contributed by atoms with van der Waals surface area (Å²) in [5.74, 6) is 1.83. The van der Waals surface area contributed by atoms with Gasteiger partial charge in [-0.25, -0.2) is 8.42 Å². The first-order valence-electron chi connectivity index (χ1n) is 8.82. The van der Waals surface area contributed by atoms with Gasteiger partial charge >= 0.3 is 0 Å². The smallest absolute Gasteiger partial charge is 0.226 e. The van der Waals surface area contributed by atoms with E-state index in [1.54, 1.807) is 0 Å². The number of aromatic nitrogens is 2. The summed E-state index contributed by atoms with van der Waals surface area (Å²) in [6, 6.07) is 8.49. The number of rotatable bonds is 4. The van der Waals surface area contributed by atoms with Gasteiger partial charge in [0.1, 0.15) is 0 Å². The predicted octanol–water partition coefficient (Wildman–Crippen LogP) is 3.33. The molecular weight excluding hydrogens is 336 g/mol. The Labute approximate surface area is 149 Å². The van der Waals surface area contributed by atoms with Crippen LogP contribution in [0.15, 0.2) is 28.8 Å². The molecule has 1 unspecified atom stereocenters. The van der Waals surface area contributed by atoms with Crippen LogP contribution in [0.4, 0.5) is 0 Å². The van der Waals surface area contributed by atoms with Gasteiger partial charge in [0.05, 0.1) is 11.5 Å². The largest absolute Gasteiger partial charge is 0.339 e. The minimum atomic E-state index is -2.90. The number of hydrogen-bond donors (Lipinski definition) is 0. The fraction of sp³-hybridized carbons (Fsp3) is 0.579. The van der Waals surface area contributed by atoms with Gasteiger partial charge in [0, 0.05) is 12.8 Å². The molecule has 1 atom stereocenters. The van der Waals surface area contributed by atoms with E-state index in [1.807, 2.05) is 0 Å². The summed E-state index contributed by atoms with van der Waals surface area (Å²) in [5, 5.41) is 4.05. The second-order valence-electron chi connectivity index (χ2n) is 8.05. The van der Waals surface area contributed by atoms with Crippen LogP contribution in [0.3, 0.4) is 0 Å². The highest BCUT2D eigenvalue weighted by Crippen LogP contribution is 2.24. The van der Waals surface area contributed by atoms with Gasteiger partial charge in [-0.05, 0) is 35.3 Å². The van der Waals surface area contributed by atoms with Gasteiger partial charge in [-0.15, -0.1) is 0 Å². The summed E-state index contributed by atoms with van der Waals surface area (Å²) in [5.41, 5.74) is 2.57. The summed E-state index contributed by atoms with van der Waals surface area (Å²) in [6.07, 6.45) is 2.81. The molecule has 0 N–H and O–H groups in total. The van der Waals surface area contributed by atoms with Gasteiger partial charge in [0.2, 0.25) is 5.89 Å². The number of nitrogens with zero attached hydrogens (tertiary/aromatic N) is 2. The van der Waals surface area contributed by atoms with Gasteiger partial charge in [-0.1, -0.05) is 50.2 Å². The van der Waals surface area contributed by atoms with Gasteiger partial charge in [0.25, 0.3) is 0 Å². The summed E-state index contributed by atoms with van der Waals surface area (Å²) < 4.78 is 28.8. The molecule has 0 aliphatic carbocycles. The fourth-order valence-corrected chi connectivity index (χ4v) is 5.05. The van der Waals surface area contributed by atoms with Crippen LogP contribution in [0.2, 0.25) is 0 Å². The average Bonchev–Trinajstić information content (AvgIpc) is 2.93. The van der Waals surface area contributed by atoms with Gasteiger partial charge < -0.3 is 4.52 Å². The molecular formula is C19H26N2O3S. The number of sulfone groups is 1. The summed E-state index contributed by atoms with van der Waals surface area (Å²) in [6.45, 7) is 6.58. The van der Waals surface area contributed by atoms with E-state index in [1.165, 1.54) is 5.56 Å². The maximum Gasteiger partial charge on any atom is 0.226 e. The van der Waals surface area contributed by atoms with Crippen molar-refractivity contribution in [3.05, 3.63) is 47.1 Å². The Morgan fingerprint density at radius 2 is 1.92 bits per heavy atom. The third-order valence-electron chi connectivity index (χ3n) is 4.71. The summed E-state index contributed by atoms with van der Waals surface area (Å²) in [4.78, 5) is 4.45. The van der Waals surface area contributed by atoms with E-state index in [2.05, 4.69) is 55.2 Å². The average molecular weight is 362 g/mol. The van der Waals surface area contributed by atoms with E-state index in [4.69, 9.17) is 4.52 Å². The first kappa shape index (κ1) is 18.1. The highest BCUT2D eigenvalue weighted by molar-refractivity contribution is 7.91. The Morgan fingerprint density at radius 3 is 2.56 bits per heavy atom. The number of hydrogen-bond acceptors (Lipinski definition) is 5. The van der Waals surface area contributed by atoms with Gasteiger partial charge in [-0.2, -0.15) is 4.98 Å². The maximum absolute atomic E-state index is 11.7. The van der Waals surface area contributed by atoms with Crippen molar-refractivity contribution >= 4 is 9.84 Å². The van der Waals surface area contributed by atoms with Crippen LogP contribution in [0.25, 0.3) is 0 Å². The molecule has 3 rings (SSSR count). The van der Waals surface area contributed by atoms with Crippen LogP contribution >= 0.6 is 0 Å². The lowest BCUT2D eigenvalue weighted by molar-refractivity contribution is 0.346. The molecule has 1 aromatic carbocycles. The van der Waals surface area contributed by atoms with Crippen LogP contribution in [-0.4, -0.2) is 30.1 Å². The third-order valence-corrected chi connectivity index (χ3v) is 6.60. The standard InChI is InChI=1S/C19H26N2O3S/c1-19(2,3)16-8-6-14(7-9-16)11-17-20-18(24-21-17)12-15-5-4-10-25(22,23)13-15/h6-9,15H,4-5,10-13H2,1-3H3. The molecule has 136 valence electrons. The Morgan fingerprint density at radius 1 is 1.20 bits per heavy atom. The molecule has 2 aromatic rings. The van der Waals surface area contributed by atoms with Crippen LogP contribution < -0.4 is 0 Å². The lowest BCUT2D eigenvalue weighted by Crippen LogP contribution is -2.26. The molecule has 25 heavy (non-hydrogen) atoms. The first-order chi connectivity index (χ1) is 11.7. The molecule has 1 aromatic heterocycles. The number of benzene rings is 1. The van der Waals surface area contributed by atoms with Crippen molar-refractivity contribution in [3.63, 3.8) is 0 Å². The van der Waals surface area contributed by atoms with Crippen molar-refractivity contribution < 1.29 is 12.9 Å². The lowest BCUT2D eigenvalue weighted by Gasteiger charge is -2.19. The van der Waals surface area contributed by atoms with E-state index in [-0.39, 0.29) is 17.1 Å². The quantitative estimate of drug-likeness (QED) is 0.834. The van der Waals surface area contributed by atoms with E-state index in [0.717, 1.165) is 18.4 Å². The summed E-state index contributed by atoms with van der Waals surface area (Å²) >= 11 is 0. The first-order valence-corrected chi connectivity index (χ1v) is 10.6. The Bertz CT molecular complexity index is 817. The van der Waals surface area contributed by atoms with Crippen molar-refractivity contribution in [3.8, 4) is 0 Å². The van der Waals surface area contributed by atoms with E-state index in [0.29, 0.717) is 30.3 Å². The van der Waals surface area contributed by atoms with Crippen molar-refractivity contribution in [2.24, 2.45) is 5.92 Å². The molecule has 5 nitrogen and oxygen atoms in total. The third kappa shape index (κ3) is 4.91. The van der Waals surface area contributed by atoms with Crippen molar-refractivity contribution in [1.29, 1.82) is 0 Å². The van der Waals surface area contributed by atoms with E-state index < -0.39 is 9.84 Å². The monoisotopic (exact) mass is 362 g/mol. The highest BCUT2D eigenvalue weighted by atomic mass is 32.2. The molecule has 2 heterocycles. The molecule has 0 saturated carbocycles. The van der Waals surface area contributed by atoms with Crippen molar-refractivity contribution in [2.45, 2.75) is 51.9 Å². The van der Waals surface area contributed by atoms with Crippen molar-refractivity contribution in [1.82, 2.24) is 10.1 Å². The van der Waals surface area contributed by atoms with Crippen LogP contribution in [0.1, 0.15) is 56.5 Å². The second kappa shape index (κ2) is 6.90. The molecule has 6 heteroatoms. The Balaban J connectivity index is 1.62. The minimum Gasteiger partial charge on any atom is -0.339 e. The zero-order valence-electron chi connectivity index (χ0n) is 15.2. The fourth-order valence-electron chi connectivity index (χ4n) is 3.28. The normalized spacial score (nSPS) is 20.5. The van der Waals surface area contributed by atoms with Crippen LogP contribution in [0.5, 0.6) is 0 Å². The maximum atomic E-state index is 11.7. The molecule has 1 aliphatic rings. The van der Waals surface area contributed by atoms with Gasteiger partial charge in [-0.3, -0.25) is 0 Å². The zero-order valence-corrected chi connectivity index (χ0v) is 16.0. The molecule has 1 fully saturated rings. The Kier molecular flexibility index (Phi) is 5.00. The van der Waals surface area contributed by atoms with Crippen molar-refractivity contribution in [2.75, 3.05) is 11.5 Å². The SMILES string of the molecule is CC(C)(C)c1ccc(Cc2noc(CC3CCCS(=O)(=O)C3)n2)cc1. The van der Waals surface area contributed by atoms with Crippen LogP contribution in [0, 0.1) is 5.92 Å². The lowest BCUT2D eigenvalue weighted by atomic mass is 9.86. The van der Waals surface area contributed by atoms with E-state index in [9.17, 15) is 8.42 Å². The molecule has 0 spiro atoms. The second-order valence-corrected chi connectivity index (χ2v) is 10.3. The minimum absolute atomic E-state index is 0.0955. The Hall–Kier alpha value is -1.69. The topological polar surface area (TPSA) is 73.1 Å². The zero-order chi connectivity index (χ0) is 18.1. The van der Waals surface area contributed by atoms with Crippen LogP contribution in [-0.2, 0) is 28.1 Å². The van der Waals surface area contributed by atoms with Gasteiger partial charge in [0.15, 0.2) is 15.7 Å². The van der Waals surface area contributed by atoms with E-state index >= 15 is 0 Å².